The molecule has 0 aliphatic carbocycles. The largest absolute Gasteiger partial charge is 0.358 e. The molecular weight excluding hydrogens is 256 g/mol. The van der Waals surface area contributed by atoms with Crippen molar-refractivity contribution in [3.63, 3.8) is 0 Å². The van der Waals surface area contributed by atoms with Gasteiger partial charge in [-0.15, -0.1) is 0 Å². The summed E-state index contributed by atoms with van der Waals surface area (Å²) in [6, 6.07) is 8.82. The molecule has 2 nitrogen and oxygen atoms in total. The Kier molecular flexibility index (Phi) is 2.97. The molecule has 3 aliphatic heterocycles. The van der Waals surface area contributed by atoms with E-state index in [1.807, 2.05) is 0 Å². The second kappa shape index (κ2) is 4.74. The Balaban J connectivity index is 1.85. The second-order valence-electron chi connectivity index (χ2n) is 7.16. The zero-order valence-corrected chi connectivity index (χ0v) is 13.2. The van der Waals surface area contributed by atoms with Crippen LogP contribution in [0.1, 0.15) is 24.6 Å². The van der Waals surface area contributed by atoms with Crippen molar-refractivity contribution in [2.75, 3.05) is 26.7 Å². The Bertz CT molecular complexity index is 709. The van der Waals surface area contributed by atoms with Gasteiger partial charge >= 0.3 is 0 Å². The van der Waals surface area contributed by atoms with Crippen LogP contribution in [-0.4, -0.2) is 36.1 Å². The summed E-state index contributed by atoms with van der Waals surface area (Å²) in [4.78, 5) is 3.72. The second-order valence-corrected chi connectivity index (χ2v) is 7.16. The average molecular weight is 281 g/mol. The zero-order chi connectivity index (χ0) is 14.4. The molecule has 1 N–H and O–H groups in total. The van der Waals surface area contributed by atoms with Crippen LogP contribution in [0.5, 0.6) is 0 Å². The van der Waals surface area contributed by atoms with Crippen LogP contribution >= 0.6 is 0 Å². The summed E-state index contributed by atoms with van der Waals surface area (Å²) in [5.41, 5.74) is 6.07. The third kappa shape index (κ3) is 2.13. The Morgan fingerprint density at radius 3 is 2.95 bits per heavy atom. The van der Waals surface area contributed by atoms with E-state index in [2.05, 4.69) is 49.3 Å². The van der Waals surface area contributed by atoms with Crippen LogP contribution in [0.4, 0.5) is 0 Å². The lowest BCUT2D eigenvalue weighted by Crippen LogP contribution is -2.51. The van der Waals surface area contributed by atoms with Gasteiger partial charge in [0.1, 0.15) is 6.54 Å². The maximum absolute atomic E-state index is 3.72. The highest BCUT2D eigenvalue weighted by molar-refractivity contribution is 5.84. The fraction of sp³-hybridized carbons (Fsp3) is 0.474. The van der Waals surface area contributed by atoms with Gasteiger partial charge in [0.05, 0.1) is 20.1 Å². The zero-order valence-electron chi connectivity index (χ0n) is 13.2. The van der Waals surface area contributed by atoms with E-state index in [0.717, 1.165) is 5.92 Å². The first-order chi connectivity index (χ1) is 10.2. The van der Waals surface area contributed by atoms with Crippen LogP contribution in [-0.2, 0) is 12.8 Å². The van der Waals surface area contributed by atoms with Crippen molar-refractivity contribution < 1.29 is 4.48 Å². The van der Waals surface area contributed by atoms with Gasteiger partial charge in [0.15, 0.2) is 0 Å². The Hall–Kier alpha value is -1.54. The number of likely N-dealkylation sites (N-methyl/N-ethyl adjacent to an activating group) is 1. The van der Waals surface area contributed by atoms with Gasteiger partial charge in [0.2, 0.25) is 0 Å². The molecular formula is C19H25N2+. The summed E-state index contributed by atoms with van der Waals surface area (Å²) in [6.45, 7) is 6.08. The first-order valence-corrected chi connectivity index (χ1v) is 8.26. The first kappa shape index (κ1) is 13.1. The highest BCUT2D eigenvalue weighted by atomic mass is 15.3. The number of quaternary nitrogens is 1. The van der Waals surface area contributed by atoms with E-state index in [4.69, 9.17) is 0 Å². The van der Waals surface area contributed by atoms with E-state index in [-0.39, 0.29) is 0 Å². The third-order valence-corrected chi connectivity index (χ3v) is 5.73. The van der Waals surface area contributed by atoms with Crippen LogP contribution < -0.4 is 0 Å². The number of nitrogens with one attached hydrogen (secondary N) is 1. The molecule has 2 bridgehead atoms. The predicted molar refractivity (Wildman–Crippen MR) is 88.4 cm³/mol. The smallest absolute Gasteiger partial charge is 0.100 e. The van der Waals surface area contributed by atoms with E-state index in [1.54, 1.807) is 11.1 Å². The molecule has 21 heavy (non-hydrogen) atoms. The normalized spacial score (nSPS) is 31.0. The topological polar surface area (TPSA) is 15.8 Å². The molecule has 0 amide bonds. The molecule has 4 heterocycles. The van der Waals surface area contributed by atoms with Crippen molar-refractivity contribution in [1.29, 1.82) is 0 Å². The molecule has 0 radical (unpaired) electrons. The number of hydrogen-bond donors (Lipinski definition) is 1. The fourth-order valence-electron chi connectivity index (χ4n) is 4.40. The average Bonchev–Trinajstić information content (AvgIpc) is 2.87. The van der Waals surface area contributed by atoms with Crippen LogP contribution in [0, 0.1) is 5.92 Å². The van der Waals surface area contributed by atoms with E-state index >= 15 is 0 Å². The van der Waals surface area contributed by atoms with Crippen molar-refractivity contribution >= 4 is 10.9 Å². The molecule has 0 unspecified atom stereocenters. The molecule has 5 rings (SSSR count). The quantitative estimate of drug-likeness (QED) is 0.560. The summed E-state index contributed by atoms with van der Waals surface area (Å²) in [5.74, 6) is 0.742. The van der Waals surface area contributed by atoms with E-state index < -0.39 is 0 Å². The summed E-state index contributed by atoms with van der Waals surface area (Å²) < 4.78 is 1.22. The van der Waals surface area contributed by atoms with Crippen molar-refractivity contribution in [3.05, 3.63) is 47.2 Å². The van der Waals surface area contributed by atoms with Crippen LogP contribution in [0.2, 0.25) is 0 Å². The fourth-order valence-corrected chi connectivity index (χ4v) is 4.40. The summed E-state index contributed by atoms with van der Waals surface area (Å²) in [7, 11) is 2.44. The molecule has 2 aromatic rings. The number of hydrogen-bond acceptors (Lipinski definition) is 0. The number of para-hydroxylation sites is 1. The van der Waals surface area contributed by atoms with Gasteiger partial charge in [-0.2, -0.15) is 0 Å². The van der Waals surface area contributed by atoms with Crippen molar-refractivity contribution in [1.82, 2.24) is 4.98 Å². The number of allylic oxidation sites excluding steroid dienone is 1. The van der Waals surface area contributed by atoms with Gasteiger partial charge in [0, 0.05) is 29.4 Å². The standard InChI is InChI=1S/C19H25N2/c1-3-14-13-21(2)10-8-15(14)12-19-17(9-11-21)16-6-4-5-7-18(16)20-19/h3-7,15,20H,8-13H2,1-2H3/q+1/b14-3-/t15-,21+/m1/s1. The van der Waals surface area contributed by atoms with Gasteiger partial charge in [-0.25, -0.2) is 0 Å². The van der Waals surface area contributed by atoms with Crippen LogP contribution in [0.3, 0.4) is 0 Å². The number of fused-ring (bicyclic) bond motifs is 4. The molecule has 0 saturated carbocycles. The molecule has 0 spiro atoms. The highest BCUT2D eigenvalue weighted by Crippen LogP contribution is 2.35. The van der Waals surface area contributed by atoms with Crippen molar-refractivity contribution in [3.8, 4) is 0 Å². The molecule has 110 valence electrons. The number of rotatable bonds is 0. The molecule has 3 aliphatic rings. The maximum Gasteiger partial charge on any atom is 0.100 e. The minimum absolute atomic E-state index is 0.742. The van der Waals surface area contributed by atoms with Gasteiger partial charge in [-0.3, -0.25) is 0 Å². The van der Waals surface area contributed by atoms with Gasteiger partial charge in [-0.05, 0) is 36.5 Å². The summed E-state index contributed by atoms with van der Waals surface area (Å²) in [6.07, 6.45) is 6.13. The number of nitrogens with zero attached hydrogens (tertiary/aromatic N) is 1. The van der Waals surface area contributed by atoms with Crippen LogP contribution in [0.25, 0.3) is 10.9 Å². The molecule has 1 aromatic carbocycles. The van der Waals surface area contributed by atoms with Crippen LogP contribution in [0.15, 0.2) is 35.9 Å². The number of piperidine rings is 1. The van der Waals surface area contributed by atoms with Gasteiger partial charge in [-0.1, -0.05) is 24.3 Å². The highest BCUT2D eigenvalue weighted by Gasteiger charge is 2.35. The predicted octanol–water partition coefficient (Wildman–Crippen LogP) is 3.68. The number of aromatic amines is 1. The van der Waals surface area contributed by atoms with Crippen molar-refractivity contribution in [2.45, 2.75) is 26.2 Å². The van der Waals surface area contributed by atoms with Gasteiger partial charge in [0.25, 0.3) is 0 Å². The Morgan fingerprint density at radius 1 is 1.24 bits per heavy atom. The molecule has 2 heteroatoms. The van der Waals surface area contributed by atoms with E-state index in [9.17, 15) is 0 Å². The molecule has 1 saturated heterocycles. The molecule has 1 fully saturated rings. The minimum atomic E-state index is 0.742. The van der Waals surface area contributed by atoms with E-state index in [0.29, 0.717) is 0 Å². The number of aromatic nitrogens is 1. The Labute approximate surface area is 127 Å². The summed E-state index contributed by atoms with van der Waals surface area (Å²) in [5, 5.41) is 1.45. The number of H-pyrrole nitrogens is 1. The Morgan fingerprint density at radius 2 is 2.10 bits per heavy atom. The van der Waals surface area contributed by atoms with Gasteiger partial charge < -0.3 is 9.47 Å². The minimum Gasteiger partial charge on any atom is -0.358 e. The lowest BCUT2D eigenvalue weighted by Gasteiger charge is -2.41. The molecule has 1 aromatic heterocycles. The van der Waals surface area contributed by atoms with Crippen molar-refractivity contribution in [2.24, 2.45) is 5.92 Å². The number of benzene rings is 1. The maximum atomic E-state index is 3.72. The first-order valence-electron chi connectivity index (χ1n) is 8.26. The lowest BCUT2D eigenvalue weighted by molar-refractivity contribution is -0.909. The lowest BCUT2D eigenvalue weighted by atomic mass is 9.86. The third-order valence-electron chi connectivity index (χ3n) is 5.73. The van der Waals surface area contributed by atoms with E-state index in [1.165, 1.54) is 60.0 Å². The monoisotopic (exact) mass is 281 g/mol. The SMILES string of the molecule is C/C=C1/C[N@+]2(C)CCc3c([nH]c4ccccc34)C[C@H]1CC2. The molecule has 2 atom stereocenters. The summed E-state index contributed by atoms with van der Waals surface area (Å²) >= 11 is 0.